The van der Waals surface area contributed by atoms with Crippen molar-refractivity contribution >= 4 is 6.16 Å². The van der Waals surface area contributed by atoms with Crippen LogP contribution in [0.1, 0.15) is 142 Å². The number of unbranched alkanes of at least 4 members (excludes halogenated alkanes) is 18. The minimum atomic E-state index is -0.488. The van der Waals surface area contributed by atoms with E-state index in [2.05, 4.69) is 13.8 Å². The first-order valence-corrected chi connectivity index (χ1v) is 12.6. The van der Waals surface area contributed by atoms with Crippen LogP contribution in [0.15, 0.2) is 0 Å². The Morgan fingerprint density at radius 3 is 1.00 bits per heavy atom. The fourth-order valence-corrected chi connectivity index (χ4v) is 3.53. The average Bonchev–Trinajstić information content (AvgIpc) is 2.70. The average molecular weight is 399 g/mol. The molecule has 0 radical (unpaired) electrons. The molecule has 0 N–H and O–H groups in total. The molecule has 0 heterocycles. The number of carbonyl (C=O) groups is 1. The summed E-state index contributed by atoms with van der Waals surface area (Å²) in [7, 11) is 0. The van der Waals surface area contributed by atoms with Crippen LogP contribution in [0.2, 0.25) is 0 Å². The monoisotopic (exact) mass is 398 g/mol. The second kappa shape index (κ2) is 24.3. The van der Waals surface area contributed by atoms with Crippen molar-refractivity contribution < 1.29 is 14.3 Å². The van der Waals surface area contributed by atoms with Crippen molar-refractivity contribution in [2.45, 2.75) is 142 Å². The number of carbonyl (C=O) groups excluding carboxylic acids is 1. The fraction of sp³-hybridized carbons (Fsp3) is 0.960. The number of rotatable bonds is 22. The van der Waals surface area contributed by atoms with Gasteiger partial charge in [0.2, 0.25) is 0 Å². The Balaban J connectivity index is 3.09. The second-order valence-electron chi connectivity index (χ2n) is 8.31. The van der Waals surface area contributed by atoms with E-state index < -0.39 is 6.16 Å². The van der Waals surface area contributed by atoms with E-state index in [4.69, 9.17) is 9.47 Å². The van der Waals surface area contributed by atoms with Gasteiger partial charge in [0.05, 0.1) is 13.2 Å². The lowest BCUT2D eigenvalue weighted by molar-refractivity contribution is 0.0529. The largest absolute Gasteiger partial charge is 0.508 e. The molecule has 28 heavy (non-hydrogen) atoms. The summed E-state index contributed by atoms with van der Waals surface area (Å²) in [6.07, 6.45) is 25.7. The maximum absolute atomic E-state index is 11.4. The molecule has 0 aliphatic rings. The van der Waals surface area contributed by atoms with Crippen molar-refractivity contribution in [3.8, 4) is 0 Å². The standard InChI is InChI=1S/C25H50O3/c1-3-5-7-9-10-11-12-13-14-15-16-17-18-19-20-22-24-28-25(26)27-23-21-8-6-4-2/h3-24H2,1-2H3. The van der Waals surface area contributed by atoms with E-state index in [9.17, 15) is 4.79 Å². The van der Waals surface area contributed by atoms with Crippen molar-refractivity contribution in [1.82, 2.24) is 0 Å². The van der Waals surface area contributed by atoms with Gasteiger partial charge in [0, 0.05) is 0 Å². The van der Waals surface area contributed by atoms with Gasteiger partial charge in [-0.15, -0.1) is 0 Å². The number of hydrogen-bond donors (Lipinski definition) is 0. The number of ether oxygens (including phenoxy) is 2. The molecule has 0 atom stereocenters. The van der Waals surface area contributed by atoms with E-state index in [1.807, 2.05) is 0 Å². The first-order chi connectivity index (χ1) is 13.8. The Morgan fingerprint density at radius 2 is 0.679 bits per heavy atom. The molecular weight excluding hydrogens is 348 g/mol. The van der Waals surface area contributed by atoms with E-state index in [-0.39, 0.29) is 0 Å². The summed E-state index contributed by atoms with van der Waals surface area (Å²) in [6.45, 7) is 5.46. The fourth-order valence-electron chi connectivity index (χ4n) is 3.53. The van der Waals surface area contributed by atoms with Crippen LogP contribution in [0.3, 0.4) is 0 Å². The molecule has 3 heteroatoms. The van der Waals surface area contributed by atoms with Crippen LogP contribution in [0.5, 0.6) is 0 Å². The van der Waals surface area contributed by atoms with Crippen molar-refractivity contribution in [1.29, 1.82) is 0 Å². The summed E-state index contributed by atoms with van der Waals surface area (Å²) in [6, 6.07) is 0. The summed E-state index contributed by atoms with van der Waals surface area (Å²) in [5, 5.41) is 0. The van der Waals surface area contributed by atoms with Gasteiger partial charge in [0.15, 0.2) is 0 Å². The quantitative estimate of drug-likeness (QED) is 0.135. The van der Waals surface area contributed by atoms with Crippen molar-refractivity contribution in [3.05, 3.63) is 0 Å². The highest BCUT2D eigenvalue weighted by Crippen LogP contribution is 2.13. The van der Waals surface area contributed by atoms with Crippen molar-refractivity contribution in [2.75, 3.05) is 13.2 Å². The summed E-state index contributed by atoms with van der Waals surface area (Å²) >= 11 is 0. The van der Waals surface area contributed by atoms with Gasteiger partial charge in [0.25, 0.3) is 0 Å². The lowest BCUT2D eigenvalue weighted by Crippen LogP contribution is -2.09. The smallest absolute Gasteiger partial charge is 0.434 e. The van der Waals surface area contributed by atoms with E-state index in [0.717, 1.165) is 25.7 Å². The third kappa shape index (κ3) is 23.3. The van der Waals surface area contributed by atoms with Crippen LogP contribution in [0, 0.1) is 0 Å². The van der Waals surface area contributed by atoms with Gasteiger partial charge in [-0.3, -0.25) is 0 Å². The minimum Gasteiger partial charge on any atom is -0.434 e. The molecule has 0 bridgehead atoms. The van der Waals surface area contributed by atoms with Crippen LogP contribution in [-0.4, -0.2) is 19.4 Å². The summed E-state index contributed by atoms with van der Waals surface area (Å²) in [4.78, 5) is 11.4. The molecule has 0 saturated carbocycles. The van der Waals surface area contributed by atoms with Crippen molar-refractivity contribution in [2.24, 2.45) is 0 Å². The van der Waals surface area contributed by atoms with E-state index in [1.165, 1.54) is 103 Å². The van der Waals surface area contributed by atoms with Crippen LogP contribution in [-0.2, 0) is 9.47 Å². The number of hydrogen-bond acceptors (Lipinski definition) is 3. The zero-order valence-electron chi connectivity index (χ0n) is 19.3. The summed E-state index contributed by atoms with van der Waals surface area (Å²) < 4.78 is 10.2. The van der Waals surface area contributed by atoms with E-state index in [0.29, 0.717) is 13.2 Å². The Bertz CT molecular complexity index is 304. The van der Waals surface area contributed by atoms with Crippen LogP contribution in [0.4, 0.5) is 4.79 Å². The molecule has 0 unspecified atom stereocenters. The Labute approximate surface area is 176 Å². The summed E-state index contributed by atoms with van der Waals surface area (Å²) in [5.41, 5.74) is 0. The Kier molecular flexibility index (Phi) is 23.7. The van der Waals surface area contributed by atoms with E-state index >= 15 is 0 Å². The van der Waals surface area contributed by atoms with Gasteiger partial charge < -0.3 is 9.47 Å². The molecule has 0 rings (SSSR count). The molecule has 0 aromatic heterocycles. The van der Waals surface area contributed by atoms with Gasteiger partial charge in [-0.05, 0) is 12.8 Å². The topological polar surface area (TPSA) is 35.5 Å². The molecule has 3 nitrogen and oxygen atoms in total. The van der Waals surface area contributed by atoms with Crippen LogP contribution < -0.4 is 0 Å². The van der Waals surface area contributed by atoms with Crippen LogP contribution >= 0.6 is 0 Å². The maximum Gasteiger partial charge on any atom is 0.508 e. The maximum atomic E-state index is 11.4. The van der Waals surface area contributed by atoms with E-state index in [1.54, 1.807) is 0 Å². The molecule has 0 saturated heterocycles. The minimum absolute atomic E-state index is 0.488. The lowest BCUT2D eigenvalue weighted by atomic mass is 10.0. The molecule has 0 amide bonds. The second-order valence-corrected chi connectivity index (χ2v) is 8.31. The third-order valence-corrected chi connectivity index (χ3v) is 5.44. The molecule has 0 aromatic rings. The highest BCUT2D eigenvalue weighted by molar-refractivity contribution is 5.59. The molecule has 0 aliphatic carbocycles. The highest BCUT2D eigenvalue weighted by Gasteiger charge is 2.02. The summed E-state index contributed by atoms with van der Waals surface area (Å²) in [5.74, 6) is 0. The SMILES string of the molecule is CCCCCCCCCCCCCCCCCCOC(=O)OCCCCCC. The van der Waals surface area contributed by atoms with Gasteiger partial charge in [0.1, 0.15) is 0 Å². The zero-order chi connectivity index (χ0) is 20.5. The van der Waals surface area contributed by atoms with Crippen LogP contribution in [0.25, 0.3) is 0 Å². The first kappa shape index (κ1) is 27.3. The molecular formula is C25H50O3. The normalized spacial score (nSPS) is 10.9. The molecule has 168 valence electrons. The van der Waals surface area contributed by atoms with Gasteiger partial charge >= 0.3 is 6.16 Å². The molecule has 0 aromatic carbocycles. The first-order valence-electron chi connectivity index (χ1n) is 12.6. The predicted molar refractivity (Wildman–Crippen MR) is 121 cm³/mol. The third-order valence-electron chi connectivity index (χ3n) is 5.44. The van der Waals surface area contributed by atoms with Gasteiger partial charge in [-0.2, -0.15) is 0 Å². The van der Waals surface area contributed by atoms with Gasteiger partial charge in [-0.25, -0.2) is 4.79 Å². The predicted octanol–water partition coefficient (Wildman–Crippen LogP) is 8.98. The zero-order valence-corrected chi connectivity index (χ0v) is 19.3. The Morgan fingerprint density at radius 1 is 0.429 bits per heavy atom. The van der Waals surface area contributed by atoms with Gasteiger partial charge in [-0.1, -0.05) is 129 Å². The lowest BCUT2D eigenvalue weighted by Gasteiger charge is -2.06. The van der Waals surface area contributed by atoms with Crippen molar-refractivity contribution in [3.63, 3.8) is 0 Å². The molecule has 0 fully saturated rings. The molecule has 0 spiro atoms. The Hall–Kier alpha value is -0.730. The highest BCUT2D eigenvalue weighted by atomic mass is 16.7. The molecule has 0 aliphatic heterocycles.